The Morgan fingerprint density at radius 2 is 1.74 bits per heavy atom. The monoisotopic (exact) mass is 268 g/mol. The molecule has 0 aliphatic heterocycles. The Morgan fingerprint density at radius 1 is 1.05 bits per heavy atom. The summed E-state index contributed by atoms with van der Waals surface area (Å²) in [7, 11) is 2.24. The molecule has 0 aromatic heterocycles. The van der Waals surface area contributed by atoms with Crippen LogP contribution in [0, 0.1) is 0 Å². The standard InChI is InChI=1S/C16H32N2O/c1-3-12-17-13-8-10-14(11-9-13)18(2)15-6-4-5-7-16(15)19/h13-17,19H,3-12H2,1-2H3. The van der Waals surface area contributed by atoms with Crippen LogP contribution in [0.4, 0.5) is 0 Å². The highest BCUT2D eigenvalue weighted by molar-refractivity contribution is 4.88. The zero-order chi connectivity index (χ0) is 13.7. The van der Waals surface area contributed by atoms with Crippen molar-refractivity contribution in [3.8, 4) is 0 Å². The average Bonchev–Trinajstić information content (AvgIpc) is 2.45. The highest BCUT2D eigenvalue weighted by atomic mass is 16.3. The van der Waals surface area contributed by atoms with E-state index in [-0.39, 0.29) is 6.10 Å². The van der Waals surface area contributed by atoms with Crippen LogP contribution in [-0.4, -0.2) is 47.8 Å². The van der Waals surface area contributed by atoms with Gasteiger partial charge in [0.25, 0.3) is 0 Å². The molecular weight excluding hydrogens is 236 g/mol. The highest BCUT2D eigenvalue weighted by Gasteiger charge is 2.32. The fraction of sp³-hybridized carbons (Fsp3) is 1.00. The van der Waals surface area contributed by atoms with Crippen LogP contribution in [0.5, 0.6) is 0 Å². The van der Waals surface area contributed by atoms with Crippen LogP contribution in [0.3, 0.4) is 0 Å². The number of hydrogen-bond donors (Lipinski definition) is 2. The summed E-state index contributed by atoms with van der Waals surface area (Å²) in [5.41, 5.74) is 0. The molecule has 2 aliphatic rings. The lowest BCUT2D eigenvalue weighted by atomic mass is 9.86. The van der Waals surface area contributed by atoms with Gasteiger partial charge in [-0.25, -0.2) is 0 Å². The fourth-order valence-electron chi connectivity index (χ4n) is 3.87. The van der Waals surface area contributed by atoms with E-state index < -0.39 is 0 Å². The Labute approximate surface area is 118 Å². The van der Waals surface area contributed by atoms with Gasteiger partial charge in [-0.05, 0) is 58.5 Å². The topological polar surface area (TPSA) is 35.5 Å². The van der Waals surface area contributed by atoms with Crippen molar-refractivity contribution in [2.75, 3.05) is 13.6 Å². The molecule has 2 atom stereocenters. The highest BCUT2D eigenvalue weighted by Crippen LogP contribution is 2.29. The maximum atomic E-state index is 10.2. The van der Waals surface area contributed by atoms with Crippen LogP contribution in [0.2, 0.25) is 0 Å². The van der Waals surface area contributed by atoms with E-state index in [1.165, 1.54) is 51.4 Å². The summed E-state index contributed by atoms with van der Waals surface area (Å²) in [4.78, 5) is 2.50. The Balaban J connectivity index is 1.76. The molecule has 3 nitrogen and oxygen atoms in total. The van der Waals surface area contributed by atoms with E-state index in [1.54, 1.807) is 0 Å². The second kappa shape index (κ2) is 7.61. The van der Waals surface area contributed by atoms with Crippen molar-refractivity contribution in [2.24, 2.45) is 0 Å². The number of aliphatic hydroxyl groups excluding tert-OH is 1. The Bertz CT molecular complexity index is 251. The molecule has 0 spiro atoms. The molecule has 0 amide bonds. The van der Waals surface area contributed by atoms with Gasteiger partial charge >= 0.3 is 0 Å². The first-order valence-corrected chi connectivity index (χ1v) is 8.35. The fourth-order valence-corrected chi connectivity index (χ4v) is 3.87. The third-order valence-corrected chi connectivity index (χ3v) is 5.17. The van der Waals surface area contributed by atoms with Gasteiger partial charge in [-0.15, -0.1) is 0 Å². The smallest absolute Gasteiger partial charge is 0.0695 e. The first kappa shape index (κ1) is 15.3. The molecule has 0 aromatic carbocycles. The van der Waals surface area contributed by atoms with Crippen molar-refractivity contribution in [2.45, 2.75) is 88.9 Å². The molecule has 2 unspecified atom stereocenters. The summed E-state index contributed by atoms with van der Waals surface area (Å²) in [6, 6.07) is 1.84. The predicted molar refractivity (Wildman–Crippen MR) is 80.4 cm³/mol. The minimum absolute atomic E-state index is 0.0883. The number of likely N-dealkylation sites (N-methyl/N-ethyl adjacent to an activating group) is 1. The van der Waals surface area contributed by atoms with Gasteiger partial charge in [-0.3, -0.25) is 4.90 Å². The molecule has 2 saturated carbocycles. The van der Waals surface area contributed by atoms with Gasteiger partial charge in [0, 0.05) is 18.1 Å². The second-order valence-electron chi connectivity index (χ2n) is 6.54. The van der Waals surface area contributed by atoms with Crippen LogP contribution in [0.15, 0.2) is 0 Å². The van der Waals surface area contributed by atoms with E-state index in [0.29, 0.717) is 12.1 Å². The molecule has 0 aromatic rings. The van der Waals surface area contributed by atoms with Crippen molar-refractivity contribution in [3.05, 3.63) is 0 Å². The molecule has 19 heavy (non-hydrogen) atoms. The molecule has 2 N–H and O–H groups in total. The van der Waals surface area contributed by atoms with Gasteiger partial charge in [0.05, 0.1) is 6.10 Å². The van der Waals surface area contributed by atoms with Crippen LogP contribution in [0.1, 0.15) is 64.7 Å². The largest absolute Gasteiger partial charge is 0.391 e. The zero-order valence-electron chi connectivity index (χ0n) is 12.8. The van der Waals surface area contributed by atoms with Crippen molar-refractivity contribution >= 4 is 0 Å². The van der Waals surface area contributed by atoms with Crippen molar-refractivity contribution in [3.63, 3.8) is 0 Å². The van der Waals surface area contributed by atoms with E-state index in [2.05, 4.69) is 24.2 Å². The number of rotatable bonds is 5. The maximum Gasteiger partial charge on any atom is 0.0695 e. The lowest BCUT2D eigenvalue weighted by Crippen LogP contribution is -2.50. The van der Waals surface area contributed by atoms with Crippen LogP contribution >= 0.6 is 0 Å². The molecule has 0 saturated heterocycles. The molecular formula is C16H32N2O. The first-order valence-electron chi connectivity index (χ1n) is 8.35. The third-order valence-electron chi connectivity index (χ3n) is 5.17. The second-order valence-corrected chi connectivity index (χ2v) is 6.54. The van der Waals surface area contributed by atoms with Crippen LogP contribution in [-0.2, 0) is 0 Å². The van der Waals surface area contributed by atoms with Gasteiger partial charge in [0.1, 0.15) is 0 Å². The molecule has 3 heteroatoms. The predicted octanol–water partition coefficient (Wildman–Crippen LogP) is 2.53. The van der Waals surface area contributed by atoms with E-state index in [4.69, 9.17) is 0 Å². The van der Waals surface area contributed by atoms with Gasteiger partial charge in [-0.1, -0.05) is 19.8 Å². The van der Waals surface area contributed by atoms with Crippen LogP contribution < -0.4 is 5.32 Å². The lowest BCUT2D eigenvalue weighted by molar-refractivity contribution is 0.00322. The molecule has 0 heterocycles. The molecule has 0 bridgehead atoms. The third kappa shape index (κ3) is 4.17. The molecule has 2 aliphatic carbocycles. The quantitative estimate of drug-likeness (QED) is 0.804. The van der Waals surface area contributed by atoms with Crippen molar-refractivity contribution in [1.29, 1.82) is 0 Å². The van der Waals surface area contributed by atoms with Gasteiger partial charge in [-0.2, -0.15) is 0 Å². The maximum absolute atomic E-state index is 10.2. The summed E-state index contributed by atoms with van der Waals surface area (Å²) in [5, 5.41) is 13.8. The molecule has 2 rings (SSSR count). The van der Waals surface area contributed by atoms with Gasteiger partial charge in [0.2, 0.25) is 0 Å². The lowest BCUT2D eigenvalue weighted by Gasteiger charge is -2.42. The first-order chi connectivity index (χ1) is 9.22. The van der Waals surface area contributed by atoms with Crippen LogP contribution in [0.25, 0.3) is 0 Å². The van der Waals surface area contributed by atoms with Gasteiger partial charge in [0.15, 0.2) is 0 Å². The van der Waals surface area contributed by atoms with Crippen molar-refractivity contribution in [1.82, 2.24) is 10.2 Å². The minimum Gasteiger partial charge on any atom is -0.391 e. The summed E-state index contributed by atoms with van der Waals surface area (Å²) in [5.74, 6) is 0. The summed E-state index contributed by atoms with van der Waals surface area (Å²) in [6.45, 7) is 3.39. The Hall–Kier alpha value is -0.120. The average molecular weight is 268 g/mol. The number of hydrogen-bond acceptors (Lipinski definition) is 3. The van der Waals surface area contributed by atoms with Crippen molar-refractivity contribution < 1.29 is 5.11 Å². The van der Waals surface area contributed by atoms with E-state index in [1.807, 2.05) is 0 Å². The number of nitrogens with one attached hydrogen (secondary N) is 1. The summed E-state index contributed by atoms with van der Waals surface area (Å²) < 4.78 is 0. The molecule has 0 radical (unpaired) electrons. The number of aliphatic hydroxyl groups is 1. The summed E-state index contributed by atoms with van der Waals surface area (Å²) in [6.07, 6.45) is 11.0. The minimum atomic E-state index is -0.0883. The SMILES string of the molecule is CCCNC1CCC(N(C)C2CCCCC2O)CC1. The molecule has 2 fully saturated rings. The van der Waals surface area contributed by atoms with E-state index >= 15 is 0 Å². The number of nitrogens with zero attached hydrogens (tertiary/aromatic N) is 1. The Morgan fingerprint density at radius 3 is 2.37 bits per heavy atom. The van der Waals surface area contributed by atoms with E-state index in [0.717, 1.165) is 19.0 Å². The van der Waals surface area contributed by atoms with E-state index in [9.17, 15) is 5.11 Å². The molecule has 112 valence electrons. The zero-order valence-corrected chi connectivity index (χ0v) is 12.8. The normalized spacial score (nSPS) is 36.6. The van der Waals surface area contributed by atoms with Gasteiger partial charge < -0.3 is 10.4 Å². The Kier molecular flexibility index (Phi) is 6.11. The summed E-state index contributed by atoms with van der Waals surface area (Å²) >= 11 is 0.